The van der Waals surface area contributed by atoms with Gasteiger partial charge in [0.1, 0.15) is 57.5 Å². The lowest BCUT2D eigenvalue weighted by Crippen LogP contribution is -2.79. The summed E-state index contributed by atoms with van der Waals surface area (Å²) < 4.78 is 32.4. The Hall–Kier alpha value is -6.94. The minimum absolute atomic E-state index is 0.0215. The van der Waals surface area contributed by atoms with Crippen molar-refractivity contribution in [3.63, 3.8) is 0 Å². The van der Waals surface area contributed by atoms with Gasteiger partial charge in [-0.25, -0.2) is 4.79 Å². The molecule has 10 unspecified atom stereocenters. The van der Waals surface area contributed by atoms with Crippen LogP contribution in [0.5, 0.6) is 28.7 Å². The third-order valence-corrected chi connectivity index (χ3v) is 16.3. The Morgan fingerprint density at radius 2 is 1.67 bits per heavy atom. The molecular weight excluding hydrogens is 969 g/mol. The molecule has 11 rings (SSSR count). The number of ether oxygens (including phenoxy) is 4. The highest BCUT2D eigenvalue weighted by molar-refractivity contribution is 5.90. The molecule has 2 saturated carbocycles. The number of benzene rings is 4. The number of aromatic amines is 1. The van der Waals surface area contributed by atoms with Gasteiger partial charge in [0.25, 0.3) is 0 Å². The number of carboxylic acid groups (broad SMARTS) is 1. The zero-order valence-corrected chi connectivity index (χ0v) is 40.7. The lowest BCUT2D eigenvalue weighted by Gasteiger charge is -2.58. The molecule has 2 saturated heterocycles. The summed E-state index contributed by atoms with van der Waals surface area (Å²) in [5, 5.41) is 99.7. The Balaban J connectivity index is 1.04. The molecule has 2 bridgehead atoms. The van der Waals surface area contributed by atoms with Gasteiger partial charge in [0.15, 0.2) is 34.7 Å². The van der Waals surface area contributed by atoms with E-state index >= 15 is 0 Å². The number of phenolic OH excluding ortho intramolecular Hbond substituents is 2. The largest absolute Gasteiger partial charge is 0.508 e. The minimum atomic E-state index is -2.66. The average Bonchev–Trinajstić information content (AvgIpc) is 4.27. The van der Waals surface area contributed by atoms with E-state index < -0.39 is 88.6 Å². The first-order valence-electron chi connectivity index (χ1n) is 25.3. The number of aliphatic hydroxyl groups is 5. The zero-order valence-electron chi connectivity index (χ0n) is 40.7. The van der Waals surface area contributed by atoms with Crippen molar-refractivity contribution in [1.29, 1.82) is 0 Å². The number of aromatic hydroxyl groups is 2. The lowest BCUT2D eigenvalue weighted by atomic mass is 9.59. The smallest absolute Gasteiger partial charge is 0.336 e. The van der Waals surface area contributed by atoms with E-state index in [0.717, 1.165) is 37.7 Å². The van der Waals surface area contributed by atoms with Crippen LogP contribution in [0.4, 0.5) is 5.82 Å². The van der Waals surface area contributed by atoms with Crippen LogP contribution >= 0.6 is 0 Å². The van der Waals surface area contributed by atoms with E-state index in [2.05, 4.69) is 15.6 Å². The Morgan fingerprint density at radius 1 is 0.907 bits per heavy atom. The summed E-state index contributed by atoms with van der Waals surface area (Å²) in [5.41, 5.74) is 0.324. The highest BCUT2D eigenvalue weighted by atomic mass is 16.7. The number of anilines is 1. The van der Waals surface area contributed by atoms with Crippen LogP contribution in [-0.4, -0.2) is 113 Å². The molecule has 19 heteroatoms. The van der Waals surface area contributed by atoms with Gasteiger partial charge in [-0.2, -0.15) is 0 Å². The van der Waals surface area contributed by atoms with Gasteiger partial charge in [0.2, 0.25) is 12.0 Å². The van der Waals surface area contributed by atoms with E-state index in [0.29, 0.717) is 54.3 Å². The van der Waals surface area contributed by atoms with Crippen LogP contribution in [-0.2, 0) is 21.6 Å². The van der Waals surface area contributed by atoms with Crippen molar-refractivity contribution >= 4 is 22.8 Å². The quantitative estimate of drug-likeness (QED) is 0.0625. The number of phenols is 2. The van der Waals surface area contributed by atoms with Crippen LogP contribution in [0, 0.1) is 11.3 Å². The number of aliphatic hydroxyl groups excluding tert-OH is 3. The summed E-state index contributed by atoms with van der Waals surface area (Å²) in [6.45, 7) is 0.0814. The van der Waals surface area contributed by atoms with Gasteiger partial charge in [-0.15, -0.1) is 0 Å². The van der Waals surface area contributed by atoms with E-state index in [1.54, 1.807) is 48.5 Å². The molecule has 5 aliphatic rings. The third-order valence-electron chi connectivity index (χ3n) is 16.3. The average molecular weight is 1030 g/mol. The molecule has 0 amide bonds. The molecule has 1 spiro atoms. The maximum absolute atomic E-state index is 14.5. The molecule has 75 heavy (non-hydrogen) atoms. The number of hydrogen-bond acceptors (Lipinski definition) is 17. The van der Waals surface area contributed by atoms with Crippen LogP contribution in [0.15, 0.2) is 124 Å². The van der Waals surface area contributed by atoms with Crippen molar-refractivity contribution in [3.8, 4) is 40.1 Å². The normalized spacial score (nSPS) is 28.8. The number of nitrogens with two attached hydrogens (primary N) is 1. The minimum Gasteiger partial charge on any atom is -0.508 e. The number of nitrogen functional groups attached to an aromatic ring is 1. The third kappa shape index (κ3) is 8.47. The van der Waals surface area contributed by atoms with Gasteiger partial charge in [0.05, 0.1) is 6.61 Å². The molecular formula is C56H60N4O15. The van der Waals surface area contributed by atoms with Crippen molar-refractivity contribution in [2.24, 2.45) is 11.3 Å². The van der Waals surface area contributed by atoms with Gasteiger partial charge in [-0.1, -0.05) is 60.9 Å². The number of nitrogens with one attached hydrogen (secondary N) is 3. The van der Waals surface area contributed by atoms with Crippen LogP contribution in [0.2, 0.25) is 0 Å². The first-order valence-corrected chi connectivity index (χ1v) is 25.3. The topological polar surface area (TPSA) is 312 Å². The molecule has 4 aromatic carbocycles. The number of rotatable bonds is 15. The standard InChI is InChI=1S/C56H60N4O15/c57-43-17-16-36(60-43)46(64)42(28-61)71-35-14-12-31(13-15-35)39-24-38(63)44-40(72-39)25-41(48(47(44)65)75-55(33-10-6-11-34(62)23-33)21-7-20-53(55)18-4-5-19-53)73-52-54(69)26-32(22-30-8-2-1-3-9-30)45(37-27-58-29-59-37)56(70,51(54)68)49(74-52)50(66)67/h1-3,6,8-17,23-26,37,42,45-46,49,51-52,58-62,64-65,68-70H,4-5,7,18-22,27-29,57H2,(H,66,67). The summed E-state index contributed by atoms with van der Waals surface area (Å²) in [6.07, 6.45) is -2.28. The lowest BCUT2D eigenvalue weighted by molar-refractivity contribution is -0.344. The summed E-state index contributed by atoms with van der Waals surface area (Å²) in [6, 6.07) is 27.1. The Labute approximate surface area is 429 Å². The molecule has 2 aliphatic heterocycles. The SMILES string of the molecule is Nc1ccc(C(O)C(CO)Oc2ccc(-c3cc(=O)c4c(O)c(OC5(c6cccc(O)c6)CCCC56CCCC6)c(OC5OC(C(=O)O)C6(O)C(C7CNCN7)C(Cc7ccccc7)=CC5(O)C6O)cc4o3)cc2)[nH]1. The number of carbonyl (C=O) groups is 1. The second kappa shape index (κ2) is 19.3. The monoisotopic (exact) mass is 1030 g/mol. The van der Waals surface area contributed by atoms with Crippen molar-refractivity contribution in [2.75, 3.05) is 25.6 Å². The second-order valence-electron chi connectivity index (χ2n) is 20.7. The molecule has 3 aliphatic carbocycles. The summed E-state index contributed by atoms with van der Waals surface area (Å²) in [5.74, 6) is -3.62. The van der Waals surface area contributed by atoms with Gasteiger partial charge in [0, 0.05) is 54.0 Å². The van der Waals surface area contributed by atoms with Crippen LogP contribution in [0.25, 0.3) is 22.3 Å². The van der Waals surface area contributed by atoms with Gasteiger partial charge >= 0.3 is 5.97 Å². The number of hydrogen-bond donors (Lipinski definition) is 12. The molecule has 13 N–H and O–H groups in total. The van der Waals surface area contributed by atoms with E-state index in [-0.39, 0.29) is 46.1 Å². The Bertz CT molecular complexity index is 3180. The van der Waals surface area contributed by atoms with Crippen LogP contribution in [0.3, 0.4) is 0 Å². The number of fused-ring (bicyclic) bond motifs is 3. The van der Waals surface area contributed by atoms with Gasteiger partial charge < -0.3 is 80.3 Å². The predicted octanol–water partition coefficient (Wildman–Crippen LogP) is 4.60. The van der Waals surface area contributed by atoms with Crippen LogP contribution in [0.1, 0.15) is 67.9 Å². The Kier molecular flexibility index (Phi) is 12.9. The fraction of sp³-hybridized carbons (Fsp3) is 0.393. The first kappa shape index (κ1) is 50.2. The van der Waals surface area contributed by atoms with Crippen LogP contribution < -0.4 is 36.0 Å². The molecule has 10 atom stereocenters. The number of carboxylic acids is 1. The zero-order chi connectivity index (χ0) is 52.4. The van der Waals surface area contributed by atoms with Crippen molar-refractivity contribution < 1.29 is 69.0 Å². The maximum atomic E-state index is 14.5. The maximum Gasteiger partial charge on any atom is 0.336 e. The van der Waals surface area contributed by atoms with Crippen molar-refractivity contribution in [3.05, 3.63) is 142 Å². The fourth-order valence-electron chi connectivity index (χ4n) is 12.9. The molecule has 2 aromatic heterocycles. The number of aromatic nitrogens is 1. The van der Waals surface area contributed by atoms with E-state index in [9.17, 15) is 50.4 Å². The number of aliphatic carboxylic acids is 1. The van der Waals surface area contributed by atoms with E-state index in [4.69, 9.17) is 29.1 Å². The van der Waals surface area contributed by atoms with Crippen molar-refractivity contribution in [2.45, 2.75) is 105 Å². The molecule has 4 fully saturated rings. The van der Waals surface area contributed by atoms with E-state index in [1.165, 1.54) is 24.3 Å². The summed E-state index contributed by atoms with van der Waals surface area (Å²) in [4.78, 5) is 30.7. The Morgan fingerprint density at radius 3 is 2.35 bits per heavy atom. The number of H-pyrrole nitrogens is 1. The van der Waals surface area contributed by atoms with Gasteiger partial charge in [-0.05, 0) is 104 Å². The summed E-state index contributed by atoms with van der Waals surface area (Å²) in [7, 11) is 0. The second-order valence-corrected chi connectivity index (χ2v) is 20.7. The molecule has 394 valence electrons. The molecule has 0 radical (unpaired) electrons. The summed E-state index contributed by atoms with van der Waals surface area (Å²) >= 11 is 0. The predicted molar refractivity (Wildman–Crippen MR) is 271 cm³/mol. The highest BCUT2D eigenvalue weighted by Crippen LogP contribution is 2.64. The van der Waals surface area contributed by atoms with E-state index in [1.807, 2.05) is 36.4 Å². The molecule has 19 nitrogen and oxygen atoms in total. The first-order chi connectivity index (χ1) is 36.1. The van der Waals surface area contributed by atoms with Crippen molar-refractivity contribution in [1.82, 2.24) is 15.6 Å². The highest BCUT2D eigenvalue weighted by Gasteiger charge is 2.71. The van der Waals surface area contributed by atoms with Gasteiger partial charge in [-0.3, -0.25) is 10.1 Å². The fourth-order valence-corrected chi connectivity index (χ4v) is 12.9. The molecule has 4 heterocycles. The molecule has 6 aromatic rings.